The van der Waals surface area contributed by atoms with Crippen LogP contribution >= 0.6 is 7.92 Å². The van der Waals surface area contributed by atoms with Gasteiger partial charge in [-0.05, 0) is 61.5 Å². The molecule has 0 saturated heterocycles. The van der Waals surface area contributed by atoms with Crippen molar-refractivity contribution in [2.24, 2.45) is 0 Å². The molecule has 0 aromatic heterocycles. The first-order valence-corrected chi connectivity index (χ1v) is 14.8. The molecule has 39 heavy (non-hydrogen) atoms. The highest BCUT2D eigenvalue weighted by Crippen LogP contribution is 2.33. The summed E-state index contributed by atoms with van der Waals surface area (Å²) in [7, 11) is -1.13. The van der Waals surface area contributed by atoms with Crippen LogP contribution in [0.2, 0.25) is 0 Å². The van der Waals surface area contributed by atoms with E-state index in [1.807, 2.05) is 55.5 Å². The monoisotopic (exact) mass is 565 g/mol. The van der Waals surface area contributed by atoms with Crippen LogP contribution in [0, 0.1) is 6.92 Å². The Bertz CT molecular complexity index is 1430. The van der Waals surface area contributed by atoms with Crippen molar-refractivity contribution in [1.29, 1.82) is 0 Å². The predicted octanol–water partition coefficient (Wildman–Crippen LogP) is 4.08. The van der Waals surface area contributed by atoms with Crippen molar-refractivity contribution in [3.05, 3.63) is 120 Å². The zero-order valence-corrected chi connectivity index (χ0v) is 23.9. The van der Waals surface area contributed by atoms with E-state index >= 15 is 0 Å². The normalized spacial score (nSPS) is 10.8. The van der Waals surface area contributed by atoms with Crippen molar-refractivity contribution in [2.75, 3.05) is 21.3 Å². The summed E-state index contributed by atoms with van der Waals surface area (Å²) in [5.74, 6) is -0.964. The zero-order chi connectivity index (χ0) is 28.4. The lowest BCUT2D eigenvalue weighted by molar-refractivity contribution is 0.0599. The molecule has 4 aromatic carbocycles. The van der Waals surface area contributed by atoms with Gasteiger partial charge in [-0.2, -0.15) is 8.42 Å². The fourth-order valence-electron chi connectivity index (χ4n) is 3.75. The van der Waals surface area contributed by atoms with Crippen LogP contribution in [-0.4, -0.2) is 41.7 Å². The van der Waals surface area contributed by atoms with E-state index in [0.29, 0.717) is 11.1 Å². The number of hydrogen-bond acceptors (Lipinski definition) is 7. The predicted molar refractivity (Wildman–Crippen MR) is 155 cm³/mol. The molecule has 0 bridgehead atoms. The summed E-state index contributed by atoms with van der Waals surface area (Å²) in [6, 6.07) is 31.8. The minimum absolute atomic E-state index is 0.190. The zero-order valence-electron chi connectivity index (χ0n) is 22.1. The van der Waals surface area contributed by atoms with Crippen LogP contribution in [0.5, 0.6) is 0 Å². The van der Waals surface area contributed by atoms with Gasteiger partial charge in [-0.1, -0.05) is 54.1 Å². The first-order valence-electron chi connectivity index (χ1n) is 11.9. The average Bonchev–Trinajstić information content (AvgIpc) is 2.98. The number of esters is 2. The smallest absolute Gasteiger partial charge is 0.338 e. The molecule has 0 fully saturated rings. The minimum Gasteiger partial charge on any atom is -0.465 e. The minimum atomic E-state index is -3.51. The molecule has 0 atom stereocenters. The molecule has 0 saturated carbocycles. The Morgan fingerprint density at radius 3 is 1.44 bits per heavy atom. The Morgan fingerprint density at radius 2 is 1.05 bits per heavy atom. The second-order valence-corrected chi connectivity index (χ2v) is 12.5. The van der Waals surface area contributed by atoms with Gasteiger partial charge >= 0.3 is 11.9 Å². The summed E-state index contributed by atoms with van der Waals surface area (Å²) in [6.07, 6.45) is 0. The molecule has 7 nitrogen and oxygen atoms in total. The van der Waals surface area contributed by atoms with Gasteiger partial charge in [0.2, 0.25) is 0 Å². The Kier molecular flexibility index (Phi) is 10.5. The van der Waals surface area contributed by atoms with Gasteiger partial charge in [0.1, 0.15) is 15.9 Å². The van der Waals surface area contributed by atoms with Gasteiger partial charge in [0.05, 0.1) is 45.3 Å². The van der Waals surface area contributed by atoms with E-state index in [1.54, 1.807) is 12.1 Å². The molecule has 0 aliphatic rings. The second-order valence-electron chi connectivity index (χ2n) is 8.32. The number of methoxy groups -OCH3 is 2. The van der Waals surface area contributed by atoms with Crippen molar-refractivity contribution < 1.29 is 31.7 Å². The van der Waals surface area contributed by atoms with Crippen LogP contribution in [0.3, 0.4) is 0 Å². The molecule has 0 aliphatic carbocycles. The SMILES string of the molecule is COC(=O)c1cc(C(=O)OC)cc([PH+](c2ccccc2)c2ccccc2)c1.COS(=O)(=O)c1ccc(C)cc1. The third-order valence-electron chi connectivity index (χ3n) is 5.72. The lowest BCUT2D eigenvalue weighted by Gasteiger charge is -2.13. The van der Waals surface area contributed by atoms with E-state index in [2.05, 4.69) is 28.4 Å². The maximum absolute atomic E-state index is 12.2. The standard InChI is InChI=1S/C22H19O4P.C8H10O3S/c1-25-21(23)16-13-17(22(24)26-2)15-20(14-16)27(18-9-5-3-6-10-18)19-11-7-4-8-12-19;1-7-3-5-8(6-4-7)12(9,10)11-2/h3-15H,1-2H3;3-6H,1-2H3/p+1. The molecular formula is C30H30O7PS+. The van der Waals surface area contributed by atoms with Crippen LogP contribution in [0.25, 0.3) is 0 Å². The van der Waals surface area contributed by atoms with Gasteiger partial charge in [-0.15, -0.1) is 0 Å². The largest absolute Gasteiger partial charge is 0.465 e. The van der Waals surface area contributed by atoms with Crippen molar-refractivity contribution in [3.63, 3.8) is 0 Å². The number of hydrogen-bond donors (Lipinski definition) is 0. The van der Waals surface area contributed by atoms with Crippen molar-refractivity contribution in [1.82, 2.24) is 0 Å². The molecule has 202 valence electrons. The van der Waals surface area contributed by atoms with Gasteiger partial charge in [0.15, 0.2) is 0 Å². The molecule has 4 aromatic rings. The Labute approximate surface area is 230 Å². The topological polar surface area (TPSA) is 96.0 Å². The van der Waals surface area contributed by atoms with Crippen molar-refractivity contribution in [2.45, 2.75) is 11.8 Å². The number of benzene rings is 4. The van der Waals surface area contributed by atoms with Gasteiger partial charge in [0.25, 0.3) is 10.1 Å². The summed E-state index contributed by atoms with van der Waals surface area (Å²) in [5, 5.41) is 3.23. The van der Waals surface area contributed by atoms with E-state index < -0.39 is 30.0 Å². The van der Waals surface area contributed by atoms with Crippen LogP contribution in [0.15, 0.2) is 108 Å². The first kappa shape index (κ1) is 29.7. The van der Waals surface area contributed by atoms with Gasteiger partial charge in [-0.25, -0.2) is 9.59 Å². The molecule has 0 aliphatic heterocycles. The fraction of sp³-hybridized carbons (Fsp3) is 0.133. The maximum atomic E-state index is 12.2. The van der Waals surface area contributed by atoms with E-state index in [4.69, 9.17) is 9.47 Å². The summed E-state index contributed by atoms with van der Waals surface area (Å²) >= 11 is 0. The summed E-state index contributed by atoms with van der Waals surface area (Å²) in [6.45, 7) is 1.89. The number of carbonyl (C=O) groups is 2. The fourth-order valence-corrected chi connectivity index (χ4v) is 7.07. The average molecular weight is 566 g/mol. The van der Waals surface area contributed by atoms with E-state index in [-0.39, 0.29) is 4.90 Å². The third kappa shape index (κ3) is 7.83. The highest BCUT2D eigenvalue weighted by atomic mass is 32.2. The molecule has 0 N–H and O–H groups in total. The van der Waals surface area contributed by atoms with Crippen LogP contribution in [-0.2, 0) is 23.8 Å². The molecule has 0 unspecified atom stereocenters. The van der Waals surface area contributed by atoms with Crippen LogP contribution in [0.4, 0.5) is 0 Å². The van der Waals surface area contributed by atoms with E-state index in [1.165, 1.54) is 32.4 Å². The first-order chi connectivity index (χ1) is 18.7. The van der Waals surface area contributed by atoms with Gasteiger partial charge < -0.3 is 9.47 Å². The van der Waals surface area contributed by atoms with E-state index in [9.17, 15) is 18.0 Å². The Hall–Kier alpha value is -3.84. The quantitative estimate of drug-likeness (QED) is 0.189. The van der Waals surface area contributed by atoms with Gasteiger partial charge in [-0.3, -0.25) is 4.18 Å². The number of carbonyl (C=O) groups excluding carboxylic acids is 2. The Morgan fingerprint density at radius 1 is 0.615 bits per heavy atom. The Balaban J connectivity index is 0.000000293. The van der Waals surface area contributed by atoms with Crippen LogP contribution < -0.4 is 15.9 Å². The molecule has 4 rings (SSSR count). The molecule has 0 amide bonds. The molecule has 9 heteroatoms. The lowest BCUT2D eigenvalue weighted by Crippen LogP contribution is -2.23. The molecule has 0 radical (unpaired) electrons. The highest BCUT2D eigenvalue weighted by molar-refractivity contribution is 7.86. The second kappa shape index (κ2) is 13.8. The number of aryl methyl sites for hydroxylation is 1. The number of rotatable bonds is 7. The summed E-state index contributed by atoms with van der Waals surface area (Å²) in [5.41, 5.74) is 1.69. The van der Waals surface area contributed by atoms with Crippen molar-refractivity contribution in [3.8, 4) is 0 Å². The van der Waals surface area contributed by atoms with Gasteiger partial charge in [0, 0.05) is 0 Å². The molecule has 0 spiro atoms. The summed E-state index contributed by atoms with van der Waals surface area (Å²) < 4.78 is 36.3. The maximum Gasteiger partial charge on any atom is 0.338 e. The van der Waals surface area contributed by atoms with E-state index in [0.717, 1.165) is 28.6 Å². The van der Waals surface area contributed by atoms with Crippen molar-refractivity contribution >= 4 is 45.9 Å². The van der Waals surface area contributed by atoms with Crippen LogP contribution in [0.1, 0.15) is 26.3 Å². The summed E-state index contributed by atoms with van der Waals surface area (Å²) in [4.78, 5) is 24.5. The third-order valence-corrected chi connectivity index (χ3v) is 9.69. The molecule has 0 heterocycles. The number of ether oxygens (including phenoxy) is 2. The highest BCUT2D eigenvalue weighted by Gasteiger charge is 2.28. The lowest BCUT2D eigenvalue weighted by atomic mass is 10.1. The molecular weight excluding hydrogens is 535 g/mol.